The van der Waals surface area contributed by atoms with Crippen molar-refractivity contribution in [3.05, 3.63) is 12.5 Å². The number of halogens is 1. The van der Waals surface area contributed by atoms with Crippen molar-refractivity contribution in [1.82, 2.24) is 14.3 Å². The molecule has 3 N–H and O–H groups in total. The topological polar surface area (TPSA) is 90.0 Å². The third-order valence-electron chi connectivity index (χ3n) is 3.78. The number of aryl methyl sites for hydroxylation is 1. The zero-order valence-electron chi connectivity index (χ0n) is 11.7. The third kappa shape index (κ3) is 3.94. The molecule has 0 radical (unpaired) electrons. The van der Waals surface area contributed by atoms with Gasteiger partial charge in [-0.25, -0.2) is 18.1 Å². The first kappa shape index (κ1) is 17.4. The summed E-state index contributed by atoms with van der Waals surface area (Å²) >= 11 is 0. The number of hydrogen-bond acceptors (Lipinski definition) is 4. The molecule has 1 atom stereocenters. The van der Waals surface area contributed by atoms with Crippen LogP contribution in [0.2, 0.25) is 0 Å². The van der Waals surface area contributed by atoms with Gasteiger partial charge in [0.1, 0.15) is 0 Å². The predicted molar refractivity (Wildman–Crippen MR) is 80.3 cm³/mol. The number of aromatic nitrogens is 2. The molecule has 0 aliphatic heterocycles. The van der Waals surface area contributed by atoms with E-state index >= 15 is 0 Å². The lowest BCUT2D eigenvalue weighted by Gasteiger charge is -2.22. The summed E-state index contributed by atoms with van der Waals surface area (Å²) in [6.07, 6.45) is 7.49. The Labute approximate surface area is 126 Å². The number of imidazole rings is 1. The van der Waals surface area contributed by atoms with E-state index in [0.717, 1.165) is 25.7 Å². The van der Waals surface area contributed by atoms with E-state index in [1.165, 1.54) is 6.33 Å². The highest BCUT2D eigenvalue weighted by atomic mass is 35.5. The lowest BCUT2D eigenvalue weighted by Crippen LogP contribution is -2.44. The van der Waals surface area contributed by atoms with Crippen LogP contribution >= 0.6 is 12.4 Å². The second kappa shape index (κ2) is 7.40. The molecule has 0 spiro atoms. The number of sulfonamides is 1. The van der Waals surface area contributed by atoms with Gasteiger partial charge < -0.3 is 10.3 Å². The Morgan fingerprint density at radius 3 is 2.65 bits per heavy atom. The maximum atomic E-state index is 12.2. The van der Waals surface area contributed by atoms with E-state index in [1.807, 2.05) is 6.92 Å². The Hall–Kier alpha value is -0.630. The average molecular weight is 323 g/mol. The Kier molecular flexibility index (Phi) is 6.44. The van der Waals surface area contributed by atoms with Gasteiger partial charge in [0, 0.05) is 25.3 Å². The highest BCUT2D eigenvalue weighted by Crippen LogP contribution is 2.28. The number of nitrogens with zero attached hydrogens (tertiary/aromatic N) is 2. The smallest absolute Gasteiger partial charge is 0.259 e. The Morgan fingerprint density at radius 2 is 2.15 bits per heavy atom. The van der Waals surface area contributed by atoms with E-state index in [0.29, 0.717) is 19.0 Å². The molecule has 1 aliphatic carbocycles. The van der Waals surface area contributed by atoms with E-state index < -0.39 is 10.0 Å². The van der Waals surface area contributed by atoms with Gasteiger partial charge in [-0.15, -0.1) is 12.4 Å². The monoisotopic (exact) mass is 322 g/mol. The van der Waals surface area contributed by atoms with Gasteiger partial charge in [0.2, 0.25) is 0 Å². The molecule has 1 fully saturated rings. The fourth-order valence-corrected chi connectivity index (χ4v) is 3.88. The van der Waals surface area contributed by atoms with Crippen LogP contribution in [0, 0.1) is 5.92 Å². The molecule has 6 nitrogen and oxygen atoms in total. The minimum atomic E-state index is -3.56. The lowest BCUT2D eigenvalue weighted by atomic mass is 9.99. The van der Waals surface area contributed by atoms with Crippen LogP contribution in [0.5, 0.6) is 0 Å². The SMILES string of the molecule is CCn1cnc(S(=O)(=O)NC(CN)C2CCCC2)c1.Cl. The first-order chi connectivity index (χ1) is 9.06. The summed E-state index contributed by atoms with van der Waals surface area (Å²) in [5, 5.41) is 0.0748. The van der Waals surface area contributed by atoms with E-state index in [1.54, 1.807) is 10.8 Å². The molecule has 1 aromatic heterocycles. The average Bonchev–Trinajstić information content (AvgIpc) is 3.06. The Balaban J connectivity index is 0.00000200. The third-order valence-corrected chi connectivity index (χ3v) is 5.15. The van der Waals surface area contributed by atoms with Crippen LogP contribution in [0.4, 0.5) is 0 Å². The molecular weight excluding hydrogens is 300 g/mol. The van der Waals surface area contributed by atoms with Crippen molar-refractivity contribution in [3.8, 4) is 0 Å². The minimum absolute atomic E-state index is 0. The van der Waals surface area contributed by atoms with Crippen LogP contribution in [0.3, 0.4) is 0 Å². The van der Waals surface area contributed by atoms with Crippen LogP contribution < -0.4 is 10.5 Å². The molecule has 1 aromatic rings. The summed E-state index contributed by atoms with van der Waals surface area (Å²) in [5.74, 6) is 0.355. The van der Waals surface area contributed by atoms with Gasteiger partial charge in [-0.1, -0.05) is 12.8 Å². The van der Waals surface area contributed by atoms with Gasteiger partial charge >= 0.3 is 0 Å². The molecule has 2 rings (SSSR count). The highest BCUT2D eigenvalue weighted by molar-refractivity contribution is 7.89. The molecule has 0 amide bonds. The van der Waals surface area contributed by atoms with Gasteiger partial charge in [0.15, 0.2) is 5.03 Å². The van der Waals surface area contributed by atoms with Gasteiger partial charge in [0.25, 0.3) is 10.0 Å². The first-order valence-electron chi connectivity index (χ1n) is 6.81. The van der Waals surface area contributed by atoms with Crippen LogP contribution in [0.1, 0.15) is 32.6 Å². The summed E-state index contributed by atoms with van der Waals surface area (Å²) in [6, 6.07) is -0.181. The van der Waals surface area contributed by atoms with Gasteiger partial charge in [0.05, 0.1) is 6.33 Å². The molecule has 1 unspecified atom stereocenters. The molecule has 0 saturated heterocycles. The fourth-order valence-electron chi connectivity index (χ4n) is 2.61. The molecule has 1 saturated carbocycles. The molecule has 8 heteroatoms. The fraction of sp³-hybridized carbons (Fsp3) is 0.750. The zero-order chi connectivity index (χ0) is 13.9. The highest BCUT2D eigenvalue weighted by Gasteiger charge is 2.29. The van der Waals surface area contributed by atoms with E-state index in [2.05, 4.69) is 9.71 Å². The van der Waals surface area contributed by atoms with Crippen LogP contribution in [0.25, 0.3) is 0 Å². The summed E-state index contributed by atoms with van der Waals surface area (Å²) < 4.78 is 28.9. The molecule has 116 valence electrons. The van der Waals surface area contributed by atoms with Crippen LogP contribution in [0.15, 0.2) is 17.6 Å². The summed E-state index contributed by atoms with van der Waals surface area (Å²) in [5.41, 5.74) is 5.72. The van der Waals surface area contributed by atoms with Crippen molar-refractivity contribution in [3.63, 3.8) is 0 Å². The number of nitrogens with two attached hydrogens (primary N) is 1. The maximum Gasteiger partial charge on any atom is 0.259 e. The normalized spacial score (nSPS) is 17.9. The maximum absolute atomic E-state index is 12.2. The molecule has 20 heavy (non-hydrogen) atoms. The van der Waals surface area contributed by atoms with Gasteiger partial charge in [-0.05, 0) is 25.7 Å². The molecular formula is C12H23ClN4O2S. The Morgan fingerprint density at radius 1 is 1.50 bits per heavy atom. The van der Waals surface area contributed by atoms with E-state index in [4.69, 9.17) is 5.73 Å². The quantitative estimate of drug-likeness (QED) is 0.821. The van der Waals surface area contributed by atoms with Gasteiger partial charge in [-0.3, -0.25) is 0 Å². The summed E-state index contributed by atoms with van der Waals surface area (Å²) in [4.78, 5) is 3.94. The number of nitrogens with one attached hydrogen (secondary N) is 1. The molecule has 1 heterocycles. The van der Waals surface area contributed by atoms with Crippen molar-refractivity contribution in [1.29, 1.82) is 0 Å². The van der Waals surface area contributed by atoms with Crippen LogP contribution in [-0.4, -0.2) is 30.6 Å². The second-order valence-electron chi connectivity index (χ2n) is 5.05. The largest absolute Gasteiger partial charge is 0.336 e. The zero-order valence-corrected chi connectivity index (χ0v) is 13.3. The first-order valence-corrected chi connectivity index (χ1v) is 8.29. The molecule has 0 bridgehead atoms. The van der Waals surface area contributed by atoms with E-state index in [9.17, 15) is 8.42 Å². The predicted octanol–water partition coefficient (Wildman–Crippen LogP) is 1.12. The molecule has 1 aliphatic rings. The summed E-state index contributed by atoms with van der Waals surface area (Å²) in [7, 11) is -3.56. The van der Waals surface area contributed by atoms with Crippen LogP contribution in [-0.2, 0) is 16.6 Å². The van der Waals surface area contributed by atoms with Crippen molar-refractivity contribution in [2.45, 2.75) is 50.2 Å². The number of hydrogen-bond donors (Lipinski definition) is 2. The number of rotatable bonds is 6. The minimum Gasteiger partial charge on any atom is -0.336 e. The van der Waals surface area contributed by atoms with Gasteiger partial charge in [-0.2, -0.15) is 0 Å². The lowest BCUT2D eigenvalue weighted by molar-refractivity contribution is 0.405. The standard InChI is InChI=1S/C12H22N4O2S.ClH/c1-2-16-8-12(14-9-16)19(17,18)15-11(7-13)10-5-3-4-6-10;/h8-11,15H,2-7,13H2,1H3;1H. The molecule has 0 aromatic carbocycles. The van der Waals surface area contributed by atoms with Crippen molar-refractivity contribution in [2.24, 2.45) is 11.7 Å². The van der Waals surface area contributed by atoms with Crippen molar-refractivity contribution in [2.75, 3.05) is 6.54 Å². The Bertz CT molecular complexity index is 511. The van der Waals surface area contributed by atoms with Crippen molar-refractivity contribution >= 4 is 22.4 Å². The summed E-state index contributed by atoms with van der Waals surface area (Å²) in [6.45, 7) is 2.97. The second-order valence-corrected chi connectivity index (χ2v) is 6.71. The van der Waals surface area contributed by atoms with Crippen molar-refractivity contribution < 1.29 is 8.42 Å². The van der Waals surface area contributed by atoms with E-state index in [-0.39, 0.29) is 23.5 Å².